The van der Waals surface area contributed by atoms with Crippen LogP contribution in [0.5, 0.6) is 5.75 Å². The number of hydrogen-bond acceptors (Lipinski definition) is 3. The molecule has 3 nitrogen and oxygen atoms in total. The van der Waals surface area contributed by atoms with Gasteiger partial charge in [0.15, 0.2) is 0 Å². The summed E-state index contributed by atoms with van der Waals surface area (Å²) in [5, 5.41) is 3.02. The van der Waals surface area contributed by atoms with Crippen LogP contribution in [0.1, 0.15) is 20.3 Å². The van der Waals surface area contributed by atoms with Gasteiger partial charge in [0.1, 0.15) is 5.75 Å². The second kappa shape index (κ2) is 4.70. The largest absolute Gasteiger partial charge is 0.489 e. The number of ether oxygens (including phenoxy) is 1. The van der Waals surface area contributed by atoms with Crippen LogP contribution in [0.2, 0.25) is 0 Å². The number of anilines is 1. The lowest BCUT2D eigenvalue weighted by atomic mass is 10.3. The van der Waals surface area contributed by atoms with E-state index in [1.807, 2.05) is 20.0 Å². The summed E-state index contributed by atoms with van der Waals surface area (Å²) >= 11 is 0. The van der Waals surface area contributed by atoms with Gasteiger partial charge in [-0.2, -0.15) is 0 Å². The fourth-order valence-corrected chi connectivity index (χ4v) is 0.936. The fourth-order valence-electron chi connectivity index (χ4n) is 0.936. The van der Waals surface area contributed by atoms with Gasteiger partial charge in [-0.3, -0.25) is 4.98 Å². The molecule has 0 aliphatic carbocycles. The number of nitrogens with zero attached hydrogens (tertiary/aromatic N) is 1. The SMILES string of the molecule is CCC(C)Oc1cncc(NC)c1. The first-order chi connectivity index (χ1) is 6.26. The monoisotopic (exact) mass is 180 g/mol. The van der Waals surface area contributed by atoms with Crippen molar-refractivity contribution in [1.29, 1.82) is 0 Å². The second-order valence-corrected chi connectivity index (χ2v) is 3.00. The van der Waals surface area contributed by atoms with Crippen molar-refractivity contribution in [2.24, 2.45) is 0 Å². The van der Waals surface area contributed by atoms with E-state index in [-0.39, 0.29) is 6.10 Å². The Morgan fingerprint density at radius 2 is 2.31 bits per heavy atom. The van der Waals surface area contributed by atoms with Gasteiger partial charge in [-0.1, -0.05) is 6.92 Å². The predicted molar refractivity (Wildman–Crippen MR) is 54.2 cm³/mol. The van der Waals surface area contributed by atoms with Crippen molar-refractivity contribution >= 4 is 5.69 Å². The highest BCUT2D eigenvalue weighted by Gasteiger charge is 2.01. The lowest BCUT2D eigenvalue weighted by Gasteiger charge is -2.12. The lowest BCUT2D eigenvalue weighted by Crippen LogP contribution is -2.09. The maximum atomic E-state index is 5.60. The van der Waals surface area contributed by atoms with Crippen LogP contribution in [-0.4, -0.2) is 18.1 Å². The average molecular weight is 180 g/mol. The summed E-state index contributed by atoms with van der Waals surface area (Å²) in [4.78, 5) is 4.06. The van der Waals surface area contributed by atoms with E-state index < -0.39 is 0 Å². The highest BCUT2D eigenvalue weighted by Crippen LogP contribution is 2.16. The Morgan fingerprint density at radius 3 is 2.92 bits per heavy atom. The van der Waals surface area contributed by atoms with Crippen molar-refractivity contribution in [2.75, 3.05) is 12.4 Å². The summed E-state index contributed by atoms with van der Waals surface area (Å²) in [5.41, 5.74) is 0.973. The van der Waals surface area contributed by atoms with Crippen LogP contribution in [0.4, 0.5) is 5.69 Å². The van der Waals surface area contributed by atoms with Gasteiger partial charge in [0.05, 0.1) is 24.2 Å². The maximum Gasteiger partial charge on any atom is 0.140 e. The molecule has 1 rings (SSSR count). The third-order valence-electron chi connectivity index (χ3n) is 1.91. The van der Waals surface area contributed by atoms with E-state index in [0.29, 0.717) is 0 Å². The summed E-state index contributed by atoms with van der Waals surface area (Å²) in [6.07, 6.45) is 4.74. The van der Waals surface area contributed by atoms with Crippen LogP contribution in [0, 0.1) is 0 Å². The molecule has 0 fully saturated rings. The lowest BCUT2D eigenvalue weighted by molar-refractivity contribution is 0.217. The summed E-state index contributed by atoms with van der Waals surface area (Å²) < 4.78 is 5.60. The highest BCUT2D eigenvalue weighted by atomic mass is 16.5. The van der Waals surface area contributed by atoms with Crippen LogP contribution < -0.4 is 10.1 Å². The molecule has 3 heteroatoms. The Hall–Kier alpha value is -1.25. The minimum atomic E-state index is 0.244. The molecule has 0 aliphatic rings. The van der Waals surface area contributed by atoms with E-state index >= 15 is 0 Å². The van der Waals surface area contributed by atoms with Crippen LogP contribution in [0.3, 0.4) is 0 Å². The molecule has 0 saturated heterocycles. The Balaban J connectivity index is 2.66. The molecule has 0 bridgehead atoms. The van der Waals surface area contributed by atoms with Crippen molar-refractivity contribution in [3.63, 3.8) is 0 Å². The molecule has 1 N–H and O–H groups in total. The topological polar surface area (TPSA) is 34.1 Å². The zero-order valence-electron chi connectivity index (χ0n) is 8.37. The molecule has 0 radical (unpaired) electrons. The van der Waals surface area contributed by atoms with E-state index in [1.165, 1.54) is 0 Å². The molecule has 0 spiro atoms. The smallest absolute Gasteiger partial charge is 0.140 e. The van der Waals surface area contributed by atoms with E-state index in [9.17, 15) is 0 Å². The molecule has 0 aliphatic heterocycles. The summed E-state index contributed by atoms with van der Waals surface area (Å²) in [7, 11) is 1.87. The van der Waals surface area contributed by atoms with Gasteiger partial charge in [0.2, 0.25) is 0 Å². The third kappa shape index (κ3) is 2.93. The first-order valence-electron chi connectivity index (χ1n) is 4.55. The van der Waals surface area contributed by atoms with Crippen LogP contribution in [0.15, 0.2) is 18.5 Å². The van der Waals surface area contributed by atoms with Gasteiger partial charge in [0, 0.05) is 13.1 Å². The molecule has 1 unspecified atom stereocenters. The Kier molecular flexibility index (Phi) is 3.55. The highest BCUT2D eigenvalue weighted by molar-refractivity contribution is 5.44. The molecule has 0 saturated carbocycles. The molecule has 13 heavy (non-hydrogen) atoms. The van der Waals surface area contributed by atoms with Crippen molar-refractivity contribution in [3.8, 4) is 5.75 Å². The summed E-state index contributed by atoms with van der Waals surface area (Å²) in [5.74, 6) is 0.821. The van der Waals surface area contributed by atoms with Crippen molar-refractivity contribution in [2.45, 2.75) is 26.4 Å². The zero-order valence-corrected chi connectivity index (χ0v) is 8.37. The van der Waals surface area contributed by atoms with Crippen molar-refractivity contribution in [3.05, 3.63) is 18.5 Å². The zero-order chi connectivity index (χ0) is 9.68. The Bertz CT molecular complexity index is 263. The number of rotatable bonds is 4. The quantitative estimate of drug-likeness (QED) is 0.772. The Labute approximate surface area is 79.1 Å². The minimum Gasteiger partial charge on any atom is -0.489 e. The number of pyridine rings is 1. The van der Waals surface area contributed by atoms with Crippen LogP contribution in [-0.2, 0) is 0 Å². The van der Waals surface area contributed by atoms with Gasteiger partial charge in [-0.15, -0.1) is 0 Å². The molecular weight excluding hydrogens is 164 g/mol. The van der Waals surface area contributed by atoms with Gasteiger partial charge < -0.3 is 10.1 Å². The van der Waals surface area contributed by atoms with Crippen LogP contribution >= 0.6 is 0 Å². The molecule has 1 heterocycles. The molecule has 0 amide bonds. The number of hydrogen-bond donors (Lipinski definition) is 1. The first kappa shape index (κ1) is 9.84. The summed E-state index contributed by atoms with van der Waals surface area (Å²) in [6, 6.07) is 1.94. The maximum absolute atomic E-state index is 5.60. The number of aromatic nitrogens is 1. The molecule has 72 valence electrons. The van der Waals surface area contributed by atoms with Crippen molar-refractivity contribution in [1.82, 2.24) is 4.98 Å². The molecule has 0 aromatic carbocycles. The second-order valence-electron chi connectivity index (χ2n) is 3.00. The predicted octanol–water partition coefficient (Wildman–Crippen LogP) is 2.30. The normalized spacial score (nSPS) is 12.2. The minimum absolute atomic E-state index is 0.244. The third-order valence-corrected chi connectivity index (χ3v) is 1.91. The number of nitrogens with one attached hydrogen (secondary N) is 1. The van der Waals surface area contributed by atoms with Crippen LogP contribution in [0.25, 0.3) is 0 Å². The van der Waals surface area contributed by atoms with E-state index in [0.717, 1.165) is 17.9 Å². The van der Waals surface area contributed by atoms with E-state index in [1.54, 1.807) is 12.4 Å². The summed E-state index contributed by atoms with van der Waals surface area (Å²) in [6.45, 7) is 4.14. The van der Waals surface area contributed by atoms with Gasteiger partial charge >= 0.3 is 0 Å². The molecular formula is C10H16N2O. The fraction of sp³-hybridized carbons (Fsp3) is 0.500. The average Bonchev–Trinajstić information content (AvgIpc) is 2.18. The standard InChI is InChI=1S/C10H16N2O/c1-4-8(2)13-10-5-9(11-3)6-12-7-10/h5-8,11H,4H2,1-3H3. The molecule has 1 atom stereocenters. The van der Waals surface area contributed by atoms with Crippen molar-refractivity contribution < 1.29 is 4.74 Å². The first-order valence-corrected chi connectivity index (χ1v) is 4.55. The molecule has 1 aromatic rings. The van der Waals surface area contributed by atoms with Gasteiger partial charge in [-0.05, 0) is 13.3 Å². The van der Waals surface area contributed by atoms with E-state index in [4.69, 9.17) is 4.74 Å². The molecule has 1 aromatic heterocycles. The van der Waals surface area contributed by atoms with E-state index in [2.05, 4.69) is 17.2 Å². The Morgan fingerprint density at radius 1 is 1.54 bits per heavy atom. The van der Waals surface area contributed by atoms with Gasteiger partial charge in [-0.25, -0.2) is 0 Å². The van der Waals surface area contributed by atoms with Gasteiger partial charge in [0.25, 0.3) is 0 Å².